The number of ether oxygens (including phenoxy) is 1. The van der Waals surface area contributed by atoms with Gasteiger partial charge in [-0.15, -0.1) is 0 Å². The Hall–Kier alpha value is -0.840. The highest BCUT2D eigenvalue weighted by Gasteiger charge is 2.70. The number of thioether (sulfide) groups is 1. The first kappa shape index (κ1) is 16.5. The predicted octanol–water partition coefficient (Wildman–Crippen LogP) is 2.49. The van der Waals surface area contributed by atoms with Crippen molar-refractivity contribution < 1.29 is 19.1 Å². The molecule has 0 radical (unpaired) electrons. The van der Waals surface area contributed by atoms with E-state index in [1.807, 2.05) is 40.9 Å². The summed E-state index contributed by atoms with van der Waals surface area (Å²) in [6.45, 7) is 10.0. The predicted molar refractivity (Wildman–Crippen MR) is 82.0 cm³/mol. The molecule has 0 aromatic rings. The molecule has 2 fully saturated rings. The Morgan fingerprint density at radius 3 is 2.19 bits per heavy atom. The summed E-state index contributed by atoms with van der Waals surface area (Å²) in [6.07, 6.45) is 1.68. The molecule has 4 nitrogen and oxygen atoms in total. The molecule has 0 aromatic carbocycles. The molecule has 3 unspecified atom stereocenters. The zero-order valence-corrected chi connectivity index (χ0v) is 14.4. The van der Waals surface area contributed by atoms with Gasteiger partial charge in [-0.25, -0.2) is 0 Å². The first-order valence-electron chi connectivity index (χ1n) is 7.36. The van der Waals surface area contributed by atoms with E-state index in [1.165, 1.54) is 0 Å². The summed E-state index contributed by atoms with van der Waals surface area (Å²) in [6, 6.07) is 0. The van der Waals surface area contributed by atoms with Crippen molar-refractivity contribution in [1.82, 2.24) is 0 Å². The van der Waals surface area contributed by atoms with E-state index in [1.54, 1.807) is 11.8 Å². The molecule has 0 N–H and O–H groups in total. The fraction of sp³-hybridized carbons (Fsp3) is 0.812. The van der Waals surface area contributed by atoms with Gasteiger partial charge in [-0.3, -0.25) is 14.4 Å². The zero-order chi connectivity index (χ0) is 16.2. The number of rotatable bonds is 5. The highest BCUT2D eigenvalue weighted by molar-refractivity contribution is 7.99. The third-order valence-corrected chi connectivity index (χ3v) is 6.63. The van der Waals surface area contributed by atoms with Crippen LogP contribution in [0.2, 0.25) is 0 Å². The monoisotopic (exact) mass is 312 g/mol. The minimum Gasteiger partial charge on any atom is -0.453 e. The molecular weight excluding hydrogens is 288 g/mol. The van der Waals surface area contributed by atoms with Crippen molar-refractivity contribution in [2.45, 2.75) is 52.4 Å². The molecule has 1 aliphatic carbocycles. The number of carbonyl (C=O) groups excluding carboxylic acids is 3. The summed E-state index contributed by atoms with van der Waals surface area (Å²) >= 11 is 1.61. The Balaban J connectivity index is 2.13. The van der Waals surface area contributed by atoms with Crippen molar-refractivity contribution in [1.29, 1.82) is 0 Å². The minimum atomic E-state index is -1.20. The van der Waals surface area contributed by atoms with Crippen molar-refractivity contribution >= 4 is 29.3 Å². The SMILES string of the molecule is CSC(C)CC1OC(=O)C(C(=O)C2C(C)(C)C2(C)C)C1=O. The van der Waals surface area contributed by atoms with E-state index in [-0.39, 0.29) is 33.6 Å². The maximum atomic E-state index is 12.6. The minimum absolute atomic E-state index is 0.171. The van der Waals surface area contributed by atoms with E-state index in [9.17, 15) is 14.4 Å². The van der Waals surface area contributed by atoms with Gasteiger partial charge in [-0.1, -0.05) is 34.6 Å². The number of carbonyl (C=O) groups is 3. The van der Waals surface area contributed by atoms with E-state index in [4.69, 9.17) is 4.74 Å². The number of hydrogen-bond donors (Lipinski definition) is 0. The molecule has 5 heteroatoms. The van der Waals surface area contributed by atoms with Crippen LogP contribution in [0, 0.1) is 22.7 Å². The lowest BCUT2D eigenvalue weighted by molar-refractivity contribution is -0.147. The van der Waals surface area contributed by atoms with Crippen molar-refractivity contribution in [2.75, 3.05) is 6.26 Å². The molecule has 0 bridgehead atoms. The lowest BCUT2D eigenvalue weighted by Gasteiger charge is -2.12. The van der Waals surface area contributed by atoms with Crippen molar-refractivity contribution in [2.24, 2.45) is 22.7 Å². The third kappa shape index (κ3) is 2.43. The number of hydrogen-bond acceptors (Lipinski definition) is 5. The number of ketones is 2. The van der Waals surface area contributed by atoms with E-state index < -0.39 is 18.0 Å². The number of esters is 1. The molecule has 0 spiro atoms. The maximum absolute atomic E-state index is 12.6. The first-order valence-corrected chi connectivity index (χ1v) is 8.65. The van der Waals surface area contributed by atoms with Gasteiger partial charge in [0.25, 0.3) is 0 Å². The molecule has 0 aromatic heterocycles. The van der Waals surface area contributed by atoms with Gasteiger partial charge in [0.1, 0.15) is 0 Å². The zero-order valence-electron chi connectivity index (χ0n) is 13.6. The first-order chi connectivity index (χ1) is 9.55. The summed E-state index contributed by atoms with van der Waals surface area (Å²) in [5.74, 6) is -2.69. The highest BCUT2D eigenvalue weighted by atomic mass is 32.2. The van der Waals surface area contributed by atoms with Crippen LogP contribution in [0.3, 0.4) is 0 Å². The highest BCUT2D eigenvalue weighted by Crippen LogP contribution is 2.69. The summed E-state index contributed by atoms with van der Waals surface area (Å²) in [7, 11) is 0. The quantitative estimate of drug-likeness (QED) is 0.576. The van der Waals surface area contributed by atoms with Crippen LogP contribution < -0.4 is 0 Å². The second-order valence-electron chi connectivity index (χ2n) is 7.32. The molecule has 3 atom stereocenters. The molecule has 1 heterocycles. The van der Waals surface area contributed by atoms with Crippen LogP contribution in [0.1, 0.15) is 41.0 Å². The molecule has 21 heavy (non-hydrogen) atoms. The third-order valence-electron chi connectivity index (χ3n) is 5.63. The van der Waals surface area contributed by atoms with E-state index in [0.29, 0.717) is 6.42 Å². The molecule has 0 amide bonds. The topological polar surface area (TPSA) is 60.4 Å². The van der Waals surface area contributed by atoms with Crippen LogP contribution >= 0.6 is 11.8 Å². The van der Waals surface area contributed by atoms with Crippen LogP contribution in [-0.4, -0.2) is 35.1 Å². The maximum Gasteiger partial charge on any atom is 0.325 e. The Morgan fingerprint density at radius 1 is 1.24 bits per heavy atom. The molecule has 2 rings (SSSR count). The van der Waals surface area contributed by atoms with Gasteiger partial charge >= 0.3 is 5.97 Å². The van der Waals surface area contributed by atoms with Gasteiger partial charge in [-0.05, 0) is 17.1 Å². The van der Waals surface area contributed by atoms with Gasteiger partial charge in [-0.2, -0.15) is 11.8 Å². The average molecular weight is 312 g/mol. The Labute approximate surface area is 130 Å². The van der Waals surface area contributed by atoms with Crippen LogP contribution in [0.25, 0.3) is 0 Å². The van der Waals surface area contributed by atoms with Gasteiger partial charge in [0, 0.05) is 17.6 Å². The van der Waals surface area contributed by atoms with Crippen LogP contribution in [0.15, 0.2) is 0 Å². The number of Topliss-reactive ketones (excluding diaryl/α,β-unsaturated/α-hetero) is 2. The van der Waals surface area contributed by atoms with Crippen molar-refractivity contribution in [3.63, 3.8) is 0 Å². The smallest absolute Gasteiger partial charge is 0.325 e. The van der Waals surface area contributed by atoms with Crippen LogP contribution in [0.5, 0.6) is 0 Å². The summed E-state index contributed by atoms with van der Waals surface area (Å²) in [4.78, 5) is 37.0. The average Bonchev–Trinajstić information content (AvgIpc) is 2.60. The summed E-state index contributed by atoms with van der Waals surface area (Å²) in [5, 5.41) is 0.217. The Bertz CT molecular complexity index is 481. The van der Waals surface area contributed by atoms with Gasteiger partial charge in [0.05, 0.1) is 0 Å². The fourth-order valence-electron chi connectivity index (χ4n) is 3.46. The van der Waals surface area contributed by atoms with Crippen molar-refractivity contribution in [3.8, 4) is 0 Å². The standard InChI is InChI=1S/C16H24O4S/c1-8(21-6)7-9-11(17)10(14(19)20-9)12(18)13-15(2,3)16(13,4)5/h8-10,13H,7H2,1-6H3. The molecule has 118 valence electrons. The molecule has 2 aliphatic rings. The lowest BCUT2D eigenvalue weighted by atomic mass is 9.91. The summed E-state index contributed by atoms with van der Waals surface area (Å²) in [5.41, 5.74) is -0.343. The molecular formula is C16H24O4S. The molecule has 1 saturated heterocycles. The van der Waals surface area contributed by atoms with Crippen LogP contribution in [0.4, 0.5) is 0 Å². The van der Waals surface area contributed by atoms with Crippen LogP contribution in [-0.2, 0) is 19.1 Å². The van der Waals surface area contributed by atoms with Gasteiger partial charge in [0.15, 0.2) is 23.6 Å². The second-order valence-corrected chi connectivity index (χ2v) is 8.60. The molecule has 1 aliphatic heterocycles. The second kappa shape index (κ2) is 5.11. The fourth-order valence-corrected chi connectivity index (χ4v) is 3.83. The normalized spacial score (nSPS) is 31.9. The van der Waals surface area contributed by atoms with E-state index in [0.717, 1.165) is 0 Å². The van der Waals surface area contributed by atoms with E-state index in [2.05, 4.69) is 0 Å². The van der Waals surface area contributed by atoms with Gasteiger partial charge in [0.2, 0.25) is 0 Å². The van der Waals surface area contributed by atoms with Gasteiger partial charge < -0.3 is 4.74 Å². The summed E-state index contributed by atoms with van der Waals surface area (Å²) < 4.78 is 5.17. The Kier molecular flexibility index (Phi) is 4.02. The Morgan fingerprint density at radius 2 is 1.76 bits per heavy atom. The number of cyclic esters (lactones) is 1. The van der Waals surface area contributed by atoms with E-state index >= 15 is 0 Å². The molecule has 1 saturated carbocycles. The largest absolute Gasteiger partial charge is 0.453 e. The van der Waals surface area contributed by atoms with Crippen molar-refractivity contribution in [3.05, 3.63) is 0 Å². The lowest BCUT2D eigenvalue weighted by Crippen LogP contribution is -2.31.